The molecule has 3 aliphatic rings. The van der Waals surface area contributed by atoms with Gasteiger partial charge in [0, 0.05) is 13.2 Å². The van der Waals surface area contributed by atoms with E-state index in [-0.39, 0.29) is 0 Å². The zero-order valence-electron chi connectivity index (χ0n) is 9.40. The molecule has 3 unspecified atom stereocenters. The van der Waals surface area contributed by atoms with E-state index in [1.165, 1.54) is 32.1 Å². The van der Waals surface area contributed by atoms with Crippen LogP contribution in [0.15, 0.2) is 0 Å². The van der Waals surface area contributed by atoms with E-state index >= 15 is 0 Å². The third-order valence-electron chi connectivity index (χ3n) is 5.13. The van der Waals surface area contributed by atoms with Gasteiger partial charge in [0.2, 0.25) is 0 Å². The molecule has 2 nitrogen and oxygen atoms in total. The smallest absolute Gasteiger partial charge is 0.0501 e. The first-order valence-corrected chi connectivity index (χ1v) is 6.58. The van der Waals surface area contributed by atoms with Gasteiger partial charge in [-0.1, -0.05) is 19.3 Å². The van der Waals surface area contributed by atoms with Crippen LogP contribution >= 0.6 is 0 Å². The SMILES string of the molecule is OCC1C2CCCCC2C[C@@H]2COC[C@H]12. The minimum Gasteiger partial charge on any atom is -0.396 e. The quantitative estimate of drug-likeness (QED) is 0.718. The van der Waals surface area contributed by atoms with Crippen LogP contribution in [0.1, 0.15) is 32.1 Å². The van der Waals surface area contributed by atoms with E-state index in [0.717, 1.165) is 31.0 Å². The minimum absolute atomic E-state index is 0.395. The fraction of sp³-hybridized carbons (Fsp3) is 1.00. The Morgan fingerprint density at radius 1 is 1.00 bits per heavy atom. The summed E-state index contributed by atoms with van der Waals surface area (Å²) in [5.41, 5.74) is 0. The summed E-state index contributed by atoms with van der Waals surface area (Å²) in [4.78, 5) is 0. The van der Waals surface area contributed by atoms with E-state index in [9.17, 15) is 5.11 Å². The van der Waals surface area contributed by atoms with Crippen LogP contribution in [0.25, 0.3) is 0 Å². The Morgan fingerprint density at radius 3 is 2.73 bits per heavy atom. The highest BCUT2D eigenvalue weighted by Crippen LogP contribution is 2.50. The maximum absolute atomic E-state index is 9.62. The molecule has 1 heterocycles. The van der Waals surface area contributed by atoms with Gasteiger partial charge in [-0.25, -0.2) is 0 Å². The van der Waals surface area contributed by atoms with Crippen LogP contribution in [0.3, 0.4) is 0 Å². The molecule has 3 fully saturated rings. The van der Waals surface area contributed by atoms with E-state index in [0.29, 0.717) is 18.4 Å². The van der Waals surface area contributed by atoms with Gasteiger partial charge in [0.15, 0.2) is 0 Å². The summed E-state index contributed by atoms with van der Waals surface area (Å²) in [6, 6.07) is 0. The van der Waals surface area contributed by atoms with Crippen LogP contribution in [0.4, 0.5) is 0 Å². The van der Waals surface area contributed by atoms with Crippen LogP contribution in [0.5, 0.6) is 0 Å². The fourth-order valence-electron chi connectivity index (χ4n) is 4.40. The highest BCUT2D eigenvalue weighted by molar-refractivity contribution is 4.95. The number of rotatable bonds is 1. The van der Waals surface area contributed by atoms with Gasteiger partial charge in [0.1, 0.15) is 0 Å². The molecule has 86 valence electrons. The van der Waals surface area contributed by atoms with Crippen LogP contribution in [0.2, 0.25) is 0 Å². The molecule has 0 aromatic heterocycles. The molecule has 1 saturated heterocycles. The summed E-state index contributed by atoms with van der Waals surface area (Å²) in [7, 11) is 0. The molecule has 0 radical (unpaired) electrons. The Morgan fingerprint density at radius 2 is 1.87 bits per heavy atom. The highest BCUT2D eigenvalue weighted by atomic mass is 16.5. The number of aliphatic hydroxyl groups excluding tert-OH is 1. The molecule has 1 aliphatic heterocycles. The van der Waals surface area contributed by atoms with Gasteiger partial charge in [-0.2, -0.15) is 0 Å². The predicted octanol–water partition coefficient (Wildman–Crippen LogP) is 2.07. The van der Waals surface area contributed by atoms with E-state index in [1.807, 2.05) is 0 Å². The van der Waals surface area contributed by atoms with Gasteiger partial charge >= 0.3 is 0 Å². The Kier molecular flexibility index (Phi) is 2.73. The van der Waals surface area contributed by atoms with E-state index in [2.05, 4.69) is 0 Å². The molecule has 2 saturated carbocycles. The summed E-state index contributed by atoms with van der Waals surface area (Å²) < 4.78 is 5.62. The van der Waals surface area contributed by atoms with Gasteiger partial charge in [0.25, 0.3) is 0 Å². The van der Waals surface area contributed by atoms with Gasteiger partial charge in [0.05, 0.1) is 6.61 Å². The third-order valence-corrected chi connectivity index (χ3v) is 5.13. The standard InChI is InChI=1S/C13H22O2/c14-6-12-11-4-2-1-3-9(11)5-10-7-15-8-13(10)12/h9-14H,1-8H2/t9?,10-,11?,12?,13+/m1/s1. The van der Waals surface area contributed by atoms with Crippen molar-refractivity contribution in [3.05, 3.63) is 0 Å². The van der Waals surface area contributed by atoms with Crippen molar-refractivity contribution >= 4 is 0 Å². The summed E-state index contributed by atoms with van der Waals surface area (Å²) in [5, 5.41) is 9.62. The summed E-state index contributed by atoms with van der Waals surface area (Å²) in [6.45, 7) is 2.27. The van der Waals surface area contributed by atoms with Crippen LogP contribution in [-0.4, -0.2) is 24.9 Å². The molecule has 0 aromatic carbocycles. The third kappa shape index (κ3) is 1.62. The minimum atomic E-state index is 0.395. The van der Waals surface area contributed by atoms with Crippen LogP contribution in [0, 0.1) is 29.6 Å². The topological polar surface area (TPSA) is 29.5 Å². The van der Waals surface area contributed by atoms with Crippen molar-refractivity contribution in [1.82, 2.24) is 0 Å². The molecule has 0 amide bonds. The molecular weight excluding hydrogens is 188 g/mol. The number of ether oxygens (including phenoxy) is 1. The zero-order chi connectivity index (χ0) is 10.3. The number of fused-ring (bicyclic) bond motifs is 2. The molecule has 3 rings (SSSR count). The maximum Gasteiger partial charge on any atom is 0.0501 e. The molecule has 1 N–H and O–H groups in total. The van der Waals surface area contributed by atoms with Crippen molar-refractivity contribution in [2.75, 3.05) is 19.8 Å². The average Bonchev–Trinajstić information content (AvgIpc) is 2.73. The van der Waals surface area contributed by atoms with Crippen LogP contribution in [-0.2, 0) is 4.74 Å². The lowest BCUT2D eigenvalue weighted by molar-refractivity contribution is -0.000920. The Bertz CT molecular complexity index is 229. The number of aliphatic hydroxyl groups is 1. The van der Waals surface area contributed by atoms with Crippen molar-refractivity contribution < 1.29 is 9.84 Å². The first-order valence-electron chi connectivity index (χ1n) is 6.58. The molecule has 0 spiro atoms. The average molecular weight is 210 g/mol. The second-order valence-electron chi connectivity index (χ2n) is 5.75. The van der Waals surface area contributed by atoms with Gasteiger partial charge in [-0.05, 0) is 42.4 Å². The molecule has 2 aliphatic carbocycles. The van der Waals surface area contributed by atoms with E-state index < -0.39 is 0 Å². The predicted molar refractivity (Wildman–Crippen MR) is 58.4 cm³/mol. The van der Waals surface area contributed by atoms with Gasteiger partial charge in [-0.15, -0.1) is 0 Å². The molecule has 5 atom stereocenters. The van der Waals surface area contributed by atoms with Crippen molar-refractivity contribution in [2.45, 2.75) is 32.1 Å². The summed E-state index contributed by atoms with van der Waals surface area (Å²) in [6.07, 6.45) is 6.95. The Labute approximate surface area is 92.0 Å². The largest absolute Gasteiger partial charge is 0.396 e. The van der Waals surface area contributed by atoms with Crippen molar-refractivity contribution in [3.8, 4) is 0 Å². The lowest BCUT2D eigenvalue weighted by Crippen LogP contribution is -2.42. The summed E-state index contributed by atoms with van der Waals surface area (Å²) >= 11 is 0. The second-order valence-corrected chi connectivity index (χ2v) is 5.75. The lowest BCUT2D eigenvalue weighted by Gasteiger charge is -2.46. The van der Waals surface area contributed by atoms with Crippen molar-refractivity contribution in [1.29, 1.82) is 0 Å². The number of hydrogen-bond acceptors (Lipinski definition) is 2. The molecular formula is C13H22O2. The first-order chi connectivity index (χ1) is 7.40. The van der Waals surface area contributed by atoms with E-state index in [4.69, 9.17) is 4.74 Å². The molecule has 0 bridgehead atoms. The zero-order valence-corrected chi connectivity index (χ0v) is 9.40. The molecule has 0 aromatic rings. The first kappa shape index (κ1) is 10.1. The van der Waals surface area contributed by atoms with Crippen molar-refractivity contribution in [3.63, 3.8) is 0 Å². The summed E-state index contributed by atoms with van der Waals surface area (Å²) in [5.74, 6) is 3.71. The molecule has 2 heteroatoms. The van der Waals surface area contributed by atoms with E-state index in [1.54, 1.807) is 0 Å². The monoisotopic (exact) mass is 210 g/mol. The molecule has 15 heavy (non-hydrogen) atoms. The Hall–Kier alpha value is -0.0800. The van der Waals surface area contributed by atoms with Crippen LogP contribution < -0.4 is 0 Å². The van der Waals surface area contributed by atoms with Crippen molar-refractivity contribution in [2.24, 2.45) is 29.6 Å². The lowest BCUT2D eigenvalue weighted by atomic mass is 9.59. The van der Waals surface area contributed by atoms with Gasteiger partial charge < -0.3 is 9.84 Å². The normalized spacial score (nSPS) is 49.8. The fourth-order valence-corrected chi connectivity index (χ4v) is 4.40. The number of hydrogen-bond donors (Lipinski definition) is 1. The van der Waals surface area contributed by atoms with Gasteiger partial charge in [-0.3, -0.25) is 0 Å². The Balaban J connectivity index is 1.80. The highest BCUT2D eigenvalue weighted by Gasteiger charge is 2.46. The second kappa shape index (κ2) is 4.06. The maximum atomic E-state index is 9.62.